The van der Waals surface area contributed by atoms with Crippen LogP contribution >= 0.6 is 0 Å². The highest BCUT2D eigenvalue weighted by Crippen LogP contribution is 2.38. The van der Waals surface area contributed by atoms with Gasteiger partial charge >= 0.3 is 0 Å². The van der Waals surface area contributed by atoms with Gasteiger partial charge < -0.3 is 9.47 Å². The molecule has 24 heavy (non-hydrogen) atoms. The maximum absolute atomic E-state index is 11.3. The fourth-order valence-electron chi connectivity index (χ4n) is 3.24. The molecule has 1 fully saturated rings. The molecule has 1 aliphatic heterocycles. The van der Waals surface area contributed by atoms with Crippen LogP contribution in [0.1, 0.15) is 19.2 Å². The minimum Gasteiger partial charge on any atom is -0.354 e. The average molecular weight is 352 g/mol. The van der Waals surface area contributed by atoms with Crippen LogP contribution in [0.3, 0.4) is 0 Å². The maximum Gasteiger partial charge on any atom is 0.276 e. The van der Waals surface area contributed by atoms with E-state index < -0.39 is 10.2 Å². The molecule has 1 saturated heterocycles. The third-order valence-corrected chi connectivity index (χ3v) is 5.77. The number of anilines is 1. The van der Waals surface area contributed by atoms with Crippen molar-refractivity contribution in [3.8, 4) is 0 Å². The summed E-state index contributed by atoms with van der Waals surface area (Å²) in [5.74, 6) is 1.70. The SMILES string of the molecule is Cc1nc(N2CC(C)(CCN(C)S(N)(=O)=O)C2)c2c(ccn2C)n1. The molecule has 0 spiro atoms. The lowest BCUT2D eigenvalue weighted by Crippen LogP contribution is -2.56. The second-order valence-electron chi connectivity index (χ2n) is 7.04. The number of nitrogens with zero attached hydrogens (tertiary/aromatic N) is 5. The van der Waals surface area contributed by atoms with E-state index in [0.29, 0.717) is 6.54 Å². The summed E-state index contributed by atoms with van der Waals surface area (Å²) in [6.07, 6.45) is 2.75. The van der Waals surface area contributed by atoms with E-state index in [0.717, 1.165) is 42.2 Å². The van der Waals surface area contributed by atoms with Crippen molar-refractivity contribution in [3.05, 3.63) is 18.1 Å². The number of aromatic nitrogens is 3. The molecule has 0 bridgehead atoms. The first-order chi connectivity index (χ1) is 11.1. The van der Waals surface area contributed by atoms with E-state index in [2.05, 4.69) is 21.8 Å². The summed E-state index contributed by atoms with van der Waals surface area (Å²) in [7, 11) is -0.111. The zero-order valence-electron chi connectivity index (χ0n) is 14.5. The van der Waals surface area contributed by atoms with Gasteiger partial charge in [-0.3, -0.25) is 0 Å². The fourth-order valence-corrected chi connectivity index (χ4v) is 3.59. The summed E-state index contributed by atoms with van der Waals surface area (Å²) in [5, 5.41) is 5.14. The van der Waals surface area contributed by atoms with E-state index in [4.69, 9.17) is 5.14 Å². The van der Waals surface area contributed by atoms with Crippen LogP contribution in [0, 0.1) is 12.3 Å². The van der Waals surface area contributed by atoms with Crippen molar-refractivity contribution in [2.45, 2.75) is 20.3 Å². The van der Waals surface area contributed by atoms with Crippen LogP contribution in [0.5, 0.6) is 0 Å². The molecule has 3 heterocycles. The minimum atomic E-state index is -3.61. The van der Waals surface area contributed by atoms with E-state index in [1.54, 1.807) is 0 Å². The predicted octanol–water partition coefficient (Wildman–Crippen LogP) is 0.628. The first-order valence-electron chi connectivity index (χ1n) is 7.88. The molecular weight excluding hydrogens is 328 g/mol. The lowest BCUT2D eigenvalue weighted by molar-refractivity contribution is 0.208. The van der Waals surface area contributed by atoms with Crippen LogP contribution in [0.2, 0.25) is 0 Å². The standard InChI is InChI=1S/C15H24N6O2S/c1-11-17-12-5-7-19(3)13(12)14(18-11)21-9-15(2,10-21)6-8-20(4)24(16,22)23/h5,7H,6,8-10H2,1-4H3,(H2,16,22,23). The Morgan fingerprint density at radius 2 is 2.04 bits per heavy atom. The zero-order valence-corrected chi connectivity index (χ0v) is 15.3. The van der Waals surface area contributed by atoms with Crippen LogP contribution in [-0.2, 0) is 17.3 Å². The monoisotopic (exact) mass is 352 g/mol. The third-order valence-electron chi connectivity index (χ3n) is 4.72. The van der Waals surface area contributed by atoms with E-state index in [1.165, 1.54) is 11.4 Å². The lowest BCUT2D eigenvalue weighted by Gasteiger charge is -2.49. The van der Waals surface area contributed by atoms with Crippen LogP contribution < -0.4 is 10.0 Å². The topological polar surface area (TPSA) is 97.4 Å². The molecule has 0 radical (unpaired) electrons. The second-order valence-corrected chi connectivity index (χ2v) is 8.69. The van der Waals surface area contributed by atoms with Gasteiger partial charge in [-0.1, -0.05) is 6.92 Å². The van der Waals surface area contributed by atoms with Crippen molar-refractivity contribution in [1.82, 2.24) is 18.8 Å². The van der Waals surface area contributed by atoms with Crippen LogP contribution in [-0.4, -0.2) is 53.9 Å². The molecule has 2 N–H and O–H groups in total. The predicted molar refractivity (Wildman–Crippen MR) is 93.9 cm³/mol. The number of hydrogen-bond acceptors (Lipinski definition) is 5. The summed E-state index contributed by atoms with van der Waals surface area (Å²) in [6.45, 7) is 6.16. The molecule has 9 heteroatoms. The molecule has 3 rings (SSSR count). The number of nitrogens with two attached hydrogens (primary N) is 1. The van der Waals surface area contributed by atoms with Gasteiger partial charge in [0.25, 0.3) is 10.2 Å². The van der Waals surface area contributed by atoms with Gasteiger partial charge in [0.2, 0.25) is 0 Å². The van der Waals surface area contributed by atoms with Crippen molar-refractivity contribution in [2.24, 2.45) is 17.6 Å². The number of hydrogen-bond donors (Lipinski definition) is 1. The van der Waals surface area contributed by atoms with E-state index >= 15 is 0 Å². The van der Waals surface area contributed by atoms with Gasteiger partial charge in [0, 0.05) is 45.3 Å². The summed E-state index contributed by atoms with van der Waals surface area (Å²) in [5.41, 5.74) is 2.03. The van der Waals surface area contributed by atoms with Crippen LogP contribution in [0.25, 0.3) is 11.0 Å². The van der Waals surface area contributed by atoms with Gasteiger partial charge in [-0.25, -0.2) is 15.1 Å². The summed E-state index contributed by atoms with van der Waals surface area (Å²) < 4.78 is 25.8. The van der Waals surface area contributed by atoms with Gasteiger partial charge in [-0.2, -0.15) is 12.7 Å². The molecule has 2 aromatic heterocycles. The molecule has 2 aromatic rings. The molecule has 0 aromatic carbocycles. The Balaban J connectivity index is 1.73. The largest absolute Gasteiger partial charge is 0.354 e. The maximum atomic E-state index is 11.3. The van der Waals surface area contributed by atoms with Gasteiger partial charge in [0.1, 0.15) is 11.3 Å². The van der Waals surface area contributed by atoms with Crippen molar-refractivity contribution >= 4 is 27.1 Å². The van der Waals surface area contributed by atoms with E-state index in [-0.39, 0.29) is 5.41 Å². The molecule has 0 saturated carbocycles. The molecule has 0 atom stereocenters. The van der Waals surface area contributed by atoms with Crippen molar-refractivity contribution in [3.63, 3.8) is 0 Å². The Hall–Kier alpha value is -1.71. The van der Waals surface area contributed by atoms with Crippen molar-refractivity contribution in [1.29, 1.82) is 0 Å². The Labute approximate surface area is 142 Å². The zero-order chi connectivity index (χ0) is 17.7. The Morgan fingerprint density at radius 1 is 1.38 bits per heavy atom. The Morgan fingerprint density at radius 3 is 2.67 bits per heavy atom. The summed E-state index contributed by atoms with van der Waals surface area (Å²) in [6, 6.07) is 1.99. The van der Waals surface area contributed by atoms with Gasteiger partial charge in [0.15, 0.2) is 5.82 Å². The molecular formula is C15H24N6O2S. The lowest BCUT2D eigenvalue weighted by atomic mass is 9.79. The minimum absolute atomic E-state index is 0.0509. The van der Waals surface area contributed by atoms with Gasteiger partial charge in [0.05, 0.1) is 5.52 Å². The molecule has 0 amide bonds. The highest BCUT2D eigenvalue weighted by atomic mass is 32.2. The van der Waals surface area contributed by atoms with Crippen molar-refractivity contribution in [2.75, 3.05) is 31.6 Å². The smallest absolute Gasteiger partial charge is 0.276 e. The highest BCUT2D eigenvalue weighted by Gasteiger charge is 2.40. The van der Waals surface area contributed by atoms with Crippen LogP contribution in [0.4, 0.5) is 5.82 Å². The number of rotatable bonds is 5. The van der Waals surface area contributed by atoms with E-state index in [9.17, 15) is 8.42 Å². The first-order valence-corrected chi connectivity index (χ1v) is 9.38. The fraction of sp³-hybridized carbons (Fsp3) is 0.600. The Bertz CT molecular complexity index is 869. The van der Waals surface area contributed by atoms with E-state index in [1.807, 2.05) is 30.8 Å². The van der Waals surface area contributed by atoms with Crippen molar-refractivity contribution < 1.29 is 8.42 Å². The third kappa shape index (κ3) is 3.11. The molecule has 8 nitrogen and oxygen atoms in total. The van der Waals surface area contributed by atoms with Gasteiger partial charge in [-0.05, 0) is 19.4 Å². The average Bonchev–Trinajstić information content (AvgIpc) is 2.81. The highest BCUT2D eigenvalue weighted by molar-refractivity contribution is 7.86. The van der Waals surface area contributed by atoms with Crippen LogP contribution in [0.15, 0.2) is 12.3 Å². The number of fused-ring (bicyclic) bond motifs is 1. The number of aryl methyl sites for hydroxylation is 2. The molecule has 0 unspecified atom stereocenters. The van der Waals surface area contributed by atoms with Gasteiger partial charge in [-0.15, -0.1) is 0 Å². The second kappa shape index (κ2) is 5.68. The summed E-state index contributed by atoms with van der Waals surface area (Å²) in [4.78, 5) is 11.3. The molecule has 0 aliphatic carbocycles. The Kier molecular flexibility index (Phi) is 4.05. The first kappa shape index (κ1) is 17.1. The quantitative estimate of drug-likeness (QED) is 0.851. The molecule has 132 valence electrons. The molecule has 1 aliphatic rings. The summed E-state index contributed by atoms with van der Waals surface area (Å²) >= 11 is 0. The normalized spacial score (nSPS) is 17.5.